The van der Waals surface area contributed by atoms with Crippen molar-refractivity contribution in [1.29, 1.82) is 0 Å². The van der Waals surface area contributed by atoms with E-state index in [0.29, 0.717) is 24.0 Å². The largest absolute Gasteiger partial charge is 0.462 e. The van der Waals surface area contributed by atoms with Gasteiger partial charge >= 0.3 is 5.97 Å². The van der Waals surface area contributed by atoms with Crippen LogP contribution in [0.5, 0.6) is 0 Å². The lowest BCUT2D eigenvalue weighted by atomic mass is 9.47. The first kappa shape index (κ1) is 25.0. The van der Waals surface area contributed by atoms with E-state index in [0.717, 1.165) is 44.4 Å². The summed E-state index contributed by atoms with van der Waals surface area (Å²) >= 11 is 0. The SMILES string of the molecule is CCCCCCCCCCC(=O)O[C@H]1CC[C@@H]2[C@@H]3CCC4=CC(=O)CC[C@]4(C)[C@@H]3CC[C@]12C. The van der Waals surface area contributed by atoms with E-state index in [9.17, 15) is 9.59 Å². The molecule has 4 aliphatic carbocycles. The number of hydrogen-bond acceptors (Lipinski definition) is 3. The fourth-order valence-electron chi connectivity index (χ4n) is 8.33. The predicted octanol–water partition coefficient (Wildman–Crippen LogP) is 7.96. The number of ether oxygens (including phenoxy) is 1. The monoisotopic (exact) mass is 456 g/mol. The summed E-state index contributed by atoms with van der Waals surface area (Å²) in [5, 5.41) is 0. The molecule has 0 amide bonds. The third-order valence-corrected chi connectivity index (χ3v) is 10.4. The van der Waals surface area contributed by atoms with Crippen LogP contribution < -0.4 is 0 Å². The molecule has 0 N–H and O–H groups in total. The summed E-state index contributed by atoms with van der Waals surface area (Å²) < 4.78 is 6.17. The molecule has 0 aromatic carbocycles. The van der Waals surface area contributed by atoms with E-state index >= 15 is 0 Å². The molecular formula is C30H48O3. The number of carbonyl (C=O) groups excluding carboxylic acids is 2. The van der Waals surface area contributed by atoms with Crippen LogP contribution in [0.2, 0.25) is 0 Å². The smallest absolute Gasteiger partial charge is 0.306 e. The molecule has 6 atom stereocenters. The Morgan fingerprint density at radius 3 is 2.39 bits per heavy atom. The van der Waals surface area contributed by atoms with Crippen LogP contribution in [0.15, 0.2) is 11.6 Å². The molecule has 4 aliphatic rings. The second kappa shape index (κ2) is 10.6. The van der Waals surface area contributed by atoms with Gasteiger partial charge in [0.15, 0.2) is 5.78 Å². The molecule has 0 unspecified atom stereocenters. The van der Waals surface area contributed by atoms with Crippen molar-refractivity contribution in [2.75, 3.05) is 0 Å². The molecule has 0 heterocycles. The maximum atomic E-state index is 12.7. The van der Waals surface area contributed by atoms with Gasteiger partial charge in [0.05, 0.1) is 0 Å². The van der Waals surface area contributed by atoms with Gasteiger partial charge in [0.1, 0.15) is 6.10 Å². The van der Waals surface area contributed by atoms with E-state index in [-0.39, 0.29) is 22.9 Å². The normalized spacial score (nSPS) is 37.7. The van der Waals surface area contributed by atoms with Crippen molar-refractivity contribution in [1.82, 2.24) is 0 Å². The lowest BCUT2D eigenvalue weighted by Gasteiger charge is -2.57. The number of carbonyl (C=O) groups is 2. The Kier molecular flexibility index (Phi) is 8.06. The van der Waals surface area contributed by atoms with Gasteiger partial charge in [-0.05, 0) is 80.6 Å². The van der Waals surface area contributed by atoms with Gasteiger partial charge in [-0.1, -0.05) is 71.3 Å². The molecule has 3 saturated carbocycles. The Labute approximate surface area is 202 Å². The van der Waals surface area contributed by atoms with Crippen molar-refractivity contribution < 1.29 is 14.3 Å². The van der Waals surface area contributed by atoms with Gasteiger partial charge in [0.2, 0.25) is 0 Å². The van der Waals surface area contributed by atoms with E-state index in [1.165, 1.54) is 69.8 Å². The van der Waals surface area contributed by atoms with Gasteiger partial charge in [-0.15, -0.1) is 0 Å². The topological polar surface area (TPSA) is 43.4 Å². The van der Waals surface area contributed by atoms with Gasteiger partial charge < -0.3 is 4.74 Å². The van der Waals surface area contributed by atoms with Crippen molar-refractivity contribution >= 4 is 11.8 Å². The summed E-state index contributed by atoms with van der Waals surface area (Å²) in [6, 6.07) is 0. The Morgan fingerprint density at radius 2 is 1.64 bits per heavy atom. The molecule has 0 radical (unpaired) electrons. The molecule has 0 saturated heterocycles. The van der Waals surface area contributed by atoms with E-state index in [1.54, 1.807) is 0 Å². The molecule has 0 aromatic rings. The minimum absolute atomic E-state index is 0.0431. The van der Waals surface area contributed by atoms with Crippen LogP contribution in [0, 0.1) is 28.6 Å². The molecule has 186 valence electrons. The summed E-state index contributed by atoms with van der Waals surface area (Å²) in [7, 11) is 0. The highest BCUT2D eigenvalue weighted by Crippen LogP contribution is 2.65. The lowest BCUT2D eigenvalue weighted by molar-refractivity contribution is -0.160. The molecule has 0 bridgehead atoms. The maximum Gasteiger partial charge on any atom is 0.306 e. The fourth-order valence-corrected chi connectivity index (χ4v) is 8.33. The summed E-state index contributed by atoms with van der Waals surface area (Å²) in [5.41, 5.74) is 1.82. The van der Waals surface area contributed by atoms with E-state index in [2.05, 4.69) is 20.8 Å². The highest BCUT2D eigenvalue weighted by molar-refractivity contribution is 5.91. The molecule has 3 fully saturated rings. The van der Waals surface area contributed by atoms with Crippen molar-refractivity contribution in [2.45, 2.75) is 136 Å². The molecule has 3 heteroatoms. The third kappa shape index (κ3) is 5.13. The van der Waals surface area contributed by atoms with Crippen molar-refractivity contribution in [3.63, 3.8) is 0 Å². The fraction of sp³-hybridized carbons (Fsp3) is 0.867. The first-order valence-corrected chi connectivity index (χ1v) is 14.3. The zero-order valence-corrected chi connectivity index (χ0v) is 21.6. The van der Waals surface area contributed by atoms with Crippen LogP contribution >= 0.6 is 0 Å². The first-order valence-electron chi connectivity index (χ1n) is 14.3. The first-order chi connectivity index (χ1) is 15.9. The molecule has 0 aliphatic heterocycles. The predicted molar refractivity (Wildman–Crippen MR) is 134 cm³/mol. The number of unbranched alkanes of at least 4 members (excludes halogenated alkanes) is 7. The van der Waals surface area contributed by atoms with Crippen molar-refractivity contribution in [3.05, 3.63) is 11.6 Å². The Morgan fingerprint density at radius 1 is 0.909 bits per heavy atom. The van der Waals surface area contributed by atoms with Crippen LogP contribution in [0.25, 0.3) is 0 Å². The summed E-state index contributed by atoms with van der Waals surface area (Å²) in [4.78, 5) is 24.7. The Bertz CT molecular complexity index is 739. The highest BCUT2D eigenvalue weighted by atomic mass is 16.5. The van der Waals surface area contributed by atoms with E-state index in [4.69, 9.17) is 4.74 Å². The molecule has 4 rings (SSSR count). The molecule has 33 heavy (non-hydrogen) atoms. The molecule has 0 aromatic heterocycles. The van der Waals surface area contributed by atoms with Crippen LogP contribution in [-0.2, 0) is 14.3 Å². The number of rotatable bonds is 10. The number of ketones is 1. The Hall–Kier alpha value is -1.12. The summed E-state index contributed by atoms with van der Waals surface area (Å²) in [5.74, 6) is 2.49. The minimum atomic E-state index is 0.0431. The average Bonchev–Trinajstić information content (AvgIpc) is 3.12. The van der Waals surface area contributed by atoms with Crippen LogP contribution in [-0.4, -0.2) is 17.9 Å². The van der Waals surface area contributed by atoms with Gasteiger partial charge in [0.25, 0.3) is 0 Å². The van der Waals surface area contributed by atoms with E-state index in [1.807, 2.05) is 6.08 Å². The van der Waals surface area contributed by atoms with Gasteiger partial charge in [-0.25, -0.2) is 0 Å². The maximum absolute atomic E-state index is 12.7. The summed E-state index contributed by atoms with van der Waals surface area (Å²) in [6.45, 7) is 7.13. The number of esters is 1. The zero-order valence-electron chi connectivity index (χ0n) is 21.6. The number of hydrogen-bond donors (Lipinski definition) is 0. The second-order valence-electron chi connectivity index (χ2n) is 12.3. The molecular weight excluding hydrogens is 408 g/mol. The quantitative estimate of drug-likeness (QED) is 0.247. The van der Waals surface area contributed by atoms with Gasteiger partial charge in [-0.3, -0.25) is 9.59 Å². The average molecular weight is 457 g/mol. The van der Waals surface area contributed by atoms with Crippen LogP contribution in [0.3, 0.4) is 0 Å². The number of fused-ring (bicyclic) bond motifs is 5. The van der Waals surface area contributed by atoms with Crippen LogP contribution in [0.4, 0.5) is 0 Å². The van der Waals surface area contributed by atoms with Crippen molar-refractivity contribution in [2.24, 2.45) is 28.6 Å². The van der Waals surface area contributed by atoms with Crippen LogP contribution in [0.1, 0.15) is 130 Å². The second-order valence-corrected chi connectivity index (χ2v) is 12.3. The molecule has 3 nitrogen and oxygen atoms in total. The highest BCUT2D eigenvalue weighted by Gasteiger charge is 2.59. The molecule has 0 spiro atoms. The lowest BCUT2D eigenvalue weighted by Crippen LogP contribution is -2.51. The number of allylic oxidation sites excluding steroid dienone is 1. The Balaban J connectivity index is 1.27. The minimum Gasteiger partial charge on any atom is -0.462 e. The summed E-state index contributed by atoms with van der Waals surface area (Å²) in [6.07, 6.45) is 21.5. The van der Waals surface area contributed by atoms with Gasteiger partial charge in [-0.2, -0.15) is 0 Å². The zero-order chi connectivity index (χ0) is 23.5. The van der Waals surface area contributed by atoms with Crippen molar-refractivity contribution in [3.8, 4) is 0 Å². The van der Waals surface area contributed by atoms with Gasteiger partial charge in [0, 0.05) is 18.3 Å². The van der Waals surface area contributed by atoms with E-state index < -0.39 is 0 Å². The standard InChI is InChI=1S/C30H48O3/c1-4-5-6-7-8-9-10-11-12-28(32)33-27-16-15-25-24-14-13-22-21-23(31)17-19-29(22,2)26(24)18-20-30(25,27)3/h21,24-27H,4-20H2,1-3H3/t24-,25+,26+,27-,29-,30-/m0/s1. The third-order valence-electron chi connectivity index (χ3n) is 10.4.